The second-order valence-electron chi connectivity index (χ2n) is 6.38. The quantitative estimate of drug-likeness (QED) is 0.271. The Kier molecular flexibility index (Phi) is 7.39. The lowest BCUT2D eigenvalue weighted by Gasteiger charge is -2.16. The highest BCUT2D eigenvalue weighted by Gasteiger charge is 2.30. The molecule has 0 saturated carbocycles. The van der Waals surface area contributed by atoms with Crippen LogP contribution in [0.15, 0.2) is 52.6 Å². The summed E-state index contributed by atoms with van der Waals surface area (Å²) in [4.78, 5) is 4.33. The van der Waals surface area contributed by atoms with Crippen molar-refractivity contribution >= 4 is 46.8 Å². The van der Waals surface area contributed by atoms with E-state index in [4.69, 9.17) is 33.9 Å². The van der Waals surface area contributed by atoms with Crippen molar-refractivity contribution in [3.05, 3.63) is 58.1 Å². The first-order valence-corrected chi connectivity index (χ1v) is 9.76. The summed E-state index contributed by atoms with van der Waals surface area (Å²) in [6.45, 7) is -2.62. The molecule has 31 heavy (non-hydrogen) atoms. The second kappa shape index (κ2) is 10.2. The molecular formula is C20H16Cl2F2N6O. The number of hydrogen-bond donors (Lipinski definition) is 2. The molecular weight excluding hydrogens is 449 g/mol. The van der Waals surface area contributed by atoms with E-state index in [-0.39, 0.29) is 23.3 Å². The molecule has 0 radical (unpaired) electrons. The lowest BCUT2D eigenvalue weighted by molar-refractivity contribution is -0.0498. The molecule has 0 saturated heterocycles. The fourth-order valence-corrected chi connectivity index (χ4v) is 3.31. The van der Waals surface area contributed by atoms with Crippen molar-refractivity contribution < 1.29 is 13.5 Å². The number of halogens is 4. The van der Waals surface area contributed by atoms with Crippen LogP contribution >= 0.6 is 23.2 Å². The van der Waals surface area contributed by atoms with Crippen LogP contribution in [0.1, 0.15) is 12.0 Å². The average molecular weight is 465 g/mol. The smallest absolute Gasteiger partial charge is 0.387 e. The molecule has 0 bridgehead atoms. The molecule has 0 fully saturated rings. The monoisotopic (exact) mass is 464 g/mol. The van der Waals surface area contributed by atoms with Crippen LogP contribution < -0.4 is 10.1 Å². The van der Waals surface area contributed by atoms with Gasteiger partial charge in [-0.3, -0.25) is 5.32 Å². The minimum absolute atomic E-state index is 0.0596. The van der Waals surface area contributed by atoms with Gasteiger partial charge in [0.15, 0.2) is 6.19 Å². The first-order valence-electron chi connectivity index (χ1n) is 9.00. The number of nitrogens with zero attached hydrogens (tertiary/aromatic N) is 4. The topological polar surface area (TPSA) is 96.9 Å². The Morgan fingerprint density at radius 3 is 2.84 bits per heavy atom. The van der Waals surface area contributed by atoms with E-state index in [1.807, 2.05) is 0 Å². The average Bonchev–Trinajstić information content (AvgIpc) is 3.14. The summed E-state index contributed by atoms with van der Waals surface area (Å²) in [7, 11) is 0. The zero-order valence-electron chi connectivity index (χ0n) is 15.9. The van der Waals surface area contributed by atoms with Gasteiger partial charge in [0, 0.05) is 12.0 Å². The zero-order valence-corrected chi connectivity index (χ0v) is 17.4. The van der Waals surface area contributed by atoms with E-state index in [1.165, 1.54) is 29.4 Å². The van der Waals surface area contributed by atoms with Crippen molar-refractivity contribution in [3.8, 4) is 11.9 Å². The van der Waals surface area contributed by atoms with Gasteiger partial charge in [0.25, 0.3) is 0 Å². The van der Waals surface area contributed by atoms with Crippen LogP contribution in [-0.2, 0) is 0 Å². The molecule has 1 aliphatic rings. The highest BCUT2D eigenvalue weighted by molar-refractivity contribution is 6.42. The molecule has 0 spiro atoms. The number of guanidine groups is 1. The molecule has 11 heteroatoms. The Morgan fingerprint density at radius 1 is 1.35 bits per heavy atom. The van der Waals surface area contributed by atoms with Crippen LogP contribution in [0.2, 0.25) is 10.0 Å². The van der Waals surface area contributed by atoms with Gasteiger partial charge >= 0.3 is 6.61 Å². The summed E-state index contributed by atoms with van der Waals surface area (Å²) in [5, 5.41) is 25.9. The van der Waals surface area contributed by atoms with Crippen LogP contribution in [0.25, 0.3) is 0 Å². The third kappa shape index (κ3) is 5.69. The van der Waals surface area contributed by atoms with Crippen LogP contribution in [0.4, 0.5) is 14.5 Å². The van der Waals surface area contributed by atoms with Gasteiger partial charge < -0.3 is 10.1 Å². The molecule has 2 aromatic carbocycles. The molecule has 2 N–H and O–H groups in total. The number of hydrogen-bond acceptors (Lipinski definition) is 5. The number of rotatable bonds is 6. The molecule has 7 nitrogen and oxygen atoms in total. The van der Waals surface area contributed by atoms with E-state index in [0.717, 1.165) is 5.56 Å². The minimum Gasteiger partial charge on any atom is -0.435 e. The number of nitrogens with one attached hydrogen (secondary N) is 2. The number of aliphatic imine (C=N–C) groups is 1. The maximum atomic E-state index is 12.5. The molecule has 1 aliphatic heterocycles. The summed E-state index contributed by atoms with van der Waals surface area (Å²) in [5.74, 6) is -0.119. The standard InChI is InChI=1S/C20H16Cl2F2N6O/c21-16-5-4-12(8-17(16)22)18-13(6-7-25)10-30(29-18)20(27-11-26)28-14-2-1-3-15(9-14)31-19(23)24/h1-5,7-9,13,19,25H,6,10H2,(H,27,28). The molecule has 1 heterocycles. The Bertz CT molecular complexity index is 1070. The summed E-state index contributed by atoms with van der Waals surface area (Å²) >= 11 is 12.1. The predicted octanol–water partition coefficient (Wildman–Crippen LogP) is 5.03. The van der Waals surface area contributed by atoms with Gasteiger partial charge in [0.2, 0.25) is 5.96 Å². The van der Waals surface area contributed by atoms with E-state index in [1.54, 1.807) is 30.5 Å². The molecule has 0 amide bonds. The highest BCUT2D eigenvalue weighted by Crippen LogP contribution is 2.28. The van der Waals surface area contributed by atoms with Crippen LogP contribution in [0.5, 0.6) is 5.75 Å². The molecule has 1 atom stereocenters. The second-order valence-corrected chi connectivity index (χ2v) is 7.20. The minimum atomic E-state index is -2.96. The van der Waals surface area contributed by atoms with Crippen LogP contribution in [0, 0.1) is 22.8 Å². The van der Waals surface area contributed by atoms with Crippen molar-refractivity contribution in [2.24, 2.45) is 16.0 Å². The first kappa shape index (κ1) is 22.5. The van der Waals surface area contributed by atoms with Gasteiger partial charge in [-0.15, -0.1) is 0 Å². The van der Waals surface area contributed by atoms with Gasteiger partial charge in [-0.25, -0.2) is 10.0 Å². The molecule has 3 rings (SSSR count). The van der Waals surface area contributed by atoms with Gasteiger partial charge in [-0.1, -0.05) is 35.3 Å². The Hall–Kier alpha value is -3.22. The molecule has 0 aromatic heterocycles. The largest absolute Gasteiger partial charge is 0.435 e. The number of nitriles is 1. The maximum absolute atomic E-state index is 12.5. The Morgan fingerprint density at radius 2 is 2.16 bits per heavy atom. The van der Waals surface area contributed by atoms with Crippen LogP contribution in [0.3, 0.4) is 0 Å². The van der Waals surface area contributed by atoms with E-state index < -0.39 is 6.61 Å². The SMILES string of the molecule is N#CNC(=Nc1cccc(OC(F)F)c1)N1CC(CC=N)C(c2ccc(Cl)c(Cl)c2)=N1. The third-order valence-electron chi connectivity index (χ3n) is 4.32. The highest BCUT2D eigenvalue weighted by atomic mass is 35.5. The Labute approximate surface area is 187 Å². The number of hydrazone groups is 1. The summed E-state index contributed by atoms with van der Waals surface area (Å²) in [6, 6.07) is 10.9. The molecule has 160 valence electrons. The normalized spacial score (nSPS) is 16.1. The number of alkyl halides is 2. The lowest BCUT2D eigenvalue weighted by Crippen LogP contribution is -2.35. The number of benzene rings is 2. The lowest BCUT2D eigenvalue weighted by atomic mass is 9.95. The number of ether oxygens (including phenoxy) is 1. The molecule has 2 aromatic rings. The predicted molar refractivity (Wildman–Crippen MR) is 116 cm³/mol. The van der Waals surface area contributed by atoms with Crippen molar-refractivity contribution in [3.63, 3.8) is 0 Å². The van der Waals surface area contributed by atoms with Crippen molar-refractivity contribution in [1.82, 2.24) is 10.3 Å². The van der Waals surface area contributed by atoms with Crippen molar-refractivity contribution in [2.45, 2.75) is 13.0 Å². The van der Waals surface area contributed by atoms with E-state index in [0.29, 0.717) is 28.7 Å². The van der Waals surface area contributed by atoms with Gasteiger partial charge in [0.05, 0.1) is 28.0 Å². The summed E-state index contributed by atoms with van der Waals surface area (Å²) < 4.78 is 29.3. The fraction of sp³-hybridized carbons (Fsp3) is 0.200. The zero-order chi connectivity index (χ0) is 22.4. The first-order chi connectivity index (χ1) is 14.9. The summed E-state index contributed by atoms with van der Waals surface area (Å²) in [6.07, 6.45) is 3.49. The fourth-order valence-electron chi connectivity index (χ4n) is 3.01. The van der Waals surface area contributed by atoms with E-state index in [9.17, 15) is 8.78 Å². The molecule has 0 aliphatic carbocycles. The van der Waals surface area contributed by atoms with Gasteiger partial charge in [0.1, 0.15) is 5.75 Å². The van der Waals surface area contributed by atoms with Crippen molar-refractivity contribution in [1.29, 1.82) is 10.7 Å². The maximum Gasteiger partial charge on any atom is 0.387 e. The van der Waals surface area contributed by atoms with Gasteiger partial charge in [-0.05, 0) is 42.5 Å². The van der Waals surface area contributed by atoms with Crippen molar-refractivity contribution in [2.75, 3.05) is 6.54 Å². The van der Waals surface area contributed by atoms with E-state index in [2.05, 4.69) is 20.1 Å². The third-order valence-corrected chi connectivity index (χ3v) is 5.06. The van der Waals surface area contributed by atoms with Gasteiger partial charge in [-0.2, -0.15) is 19.1 Å². The van der Waals surface area contributed by atoms with E-state index >= 15 is 0 Å². The Balaban J connectivity index is 1.96. The van der Waals surface area contributed by atoms with Crippen LogP contribution in [-0.4, -0.2) is 36.1 Å². The molecule has 1 unspecified atom stereocenters. The summed E-state index contributed by atoms with van der Waals surface area (Å²) in [5.41, 5.74) is 1.68.